The maximum Gasteiger partial charge on any atom is 0.220 e. The molecule has 4 heteroatoms. The molecule has 2 unspecified atom stereocenters. The van der Waals surface area contributed by atoms with E-state index in [0.717, 1.165) is 32.1 Å². The van der Waals surface area contributed by atoms with Crippen LogP contribution in [0.5, 0.6) is 0 Å². The third-order valence-corrected chi connectivity index (χ3v) is 9.93. The number of hydrogen-bond acceptors (Lipinski definition) is 3. The van der Waals surface area contributed by atoms with Crippen molar-refractivity contribution in [2.75, 3.05) is 6.61 Å². The highest BCUT2D eigenvalue weighted by atomic mass is 16.3. The van der Waals surface area contributed by atoms with Crippen molar-refractivity contribution in [2.45, 2.75) is 244 Å². The second-order valence-electron chi connectivity index (χ2n) is 14.8. The molecule has 0 heterocycles. The molecule has 0 aromatic rings. The Morgan fingerprint density at radius 1 is 0.479 bits per heavy atom. The van der Waals surface area contributed by atoms with Gasteiger partial charge in [0.05, 0.1) is 18.8 Å². The smallest absolute Gasteiger partial charge is 0.220 e. The van der Waals surface area contributed by atoms with Crippen LogP contribution >= 0.6 is 0 Å². The van der Waals surface area contributed by atoms with E-state index in [2.05, 4.69) is 31.3 Å². The highest BCUT2D eigenvalue weighted by molar-refractivity contribution is 5.76. The maximum absolute atomic E-state index is 12.3. The number of aliphatic hydroxyl groups excluding tert-OH is 2. The summed E-state index contributed by atoms with van der Waals surface area (Å²) >= 11 is 0. The van der Waals surface area contributed by atoms with Crippen LogP contribution in [0.1, 0.15) is 232 Å². The van der Waals surface area contributed by atoms with Crippen LogP contribution in [0.15, 0.2) is 24.3 Å². The van der Waals surface area contributed by atoms with Crippen LogP contribution in [-0.2, 0) is 4.79 Å². The summed E-state index contributed by atoms with van der Waals surface area (Å²) in [5.41, 5.74) is 0. The molecular weight excluding hydrogens is 590 g/mol. The molecule has 48 heavy (non-hydrogen) atoms. The minimum absolute atomic E-state index is 0.0714. The standard InChI is InChI=1S/C44H85NO3/c1-3-5-7-9-11-13-15-17-19-20-21-22-23-24-26-27-29-31-33-35-37-39-43(47)42(41-46)45-44(48)40-38-36-34-32-30-28-25-18-16-14-12-10-8-6-4-2/h18,25,37,39,42-43,46-47H,3-17,19-24,26-36,38,40-41H2,1-2H3,(H,45,48)/b25-18-,39-37+. The molecule has 0 aliphatic carbocycles. The fourth-order valence-electron chi connectivity index (χ4n) is 6.58. The summed E-state index contributed by atoms with van der Waals surface area (Å²) < 4.78 is 0. The third kappa shape index (κ3) is 36.2. The summed E-state index contributed by atoms with van der Waals surface area (Å²) in [7, 11) is 0. The molecule has 4 nitrogen and oxygen atoms in total. The molecule has 0 aliphatic heterocycles. The van der Waals surface area contributed by atoms with Crippen molar-refractivity contribution in [2.24, 2.45) is 0 Å². The van der Waals surface area contributed by atoms with Gasteiger partial charge in [-0.25, -0.2) is 0 Å². The van der Waals surface area contributed by atoms with Crippen molar-refractivity contribution >= 4 is 5.91 Å². The first kappa shape index (κ1) is 46.9. The summed E-state index contributed by atoms with van der Waals surface area (Å²) in [6, 6.07) is -0.623. The lowest BCUT2D eigenvalue weighted by Crippen LogP contribution is -2.45. The van der Waals surface area contributed by atoms with Gasteiger partial charge >= 0.3 is 0 Å². The number of carbonyl (C=O) groups is 1. The number of unbranched alkanes of at least 4 members (excludes halogenated alkanes) is 30. The first-order valence-corrected chi connectivity index (χ1v) is 21.6. The molecule has 0 saturated carbocycles. The van der Waals surface area contributed by atoms with E-state index in [1.54, 1.807) is 6.08 Å². The minimum atomic E-state index is -0.839. The van der Waals surface area contributed by atoms with Gasteiger partial charge in [0.1, 0.15) is 0 Å². The Hall–Kier alpha value is -1.13. The molecule has 0 aliphatic rings. The Morgan fingerprint density at radius 2 is 0.792 bits per heavy atom. The van der Waals surface area contributed by atoms with Gasteiger partial charge in [-0.05, 0) is 44.9 Å². The van der Waals surface area contributed by atoms with Gasteiger partial charge in [-0.3, -0.25) is 4.79 Å². The van der Waals surface area contributed by atoms with Gasteiger partial charge in [0, 0.05) is 6.42 Å². The number of hydrogen-bond donors (Lipinski definition) is 3. The largest absolute Gasteiger partial charge is 0.394 e. The van der Waals surface area contributed by atoms with Crippen molar-refractivity contribution in [3.8, 4) is 0 Å². The summed E-state index contributed by atoms with van der Waals surface area (Å²) in [6.07, 6.45) is 51.4. The van der Waals surface area contributed by atoms with Gasteiger partial charge in [-0.2, -0.15) is 0 Å². The average molecular weight is 676 g/mol. The maximum atomic E-state index is 12.3. The molecule has 284 valence electrons. The Balaban J connectivity index is 3.56. The normalized spacial score (nSPS) is 13.2. The Labute approximate surface area is 300 Å². The molecule has 0 fully saturated rings. The van der Waals surface area contributed by atoms with Crippen molar-refractivity contribution in [3.63, 3.8) is 0 Å². The molecular formula is C44H85NO3. The van der Waals surface area contributed by atoms with Gasteiger partial charge in [-0.1, -0.05) is 205 Å². The number of nitrogens with one attached hydrogen (secondary N) is 1. The van der Waals surface area contributed by atoms with Crippen molar-refractivity contribution < 1.29 is 15.0 Å². The van der Waals surface area contributed by atoms with E-state index in [9.17, 15) is 15.0 Å². The average Bonchev–Trinajstić information content (AvgIpc) is 3.09. The number of aliphatic hydroxyl groups is 2. The van der Waals surface area contributed by atoms with E-state index in [-0.39, 0.29) is 12.5 Å². The van der Waals surface area contributed by atoms with Crippen LogP contribution in [0.4, 0.5) is 0 Å². The molecule has 2 atom stereocenters. The van der Waals surface area contributed by atoms with E-state index in [0.29, 0.717) is 6.42 Å². The number of amides is 1. The molecule has 0 spiro atoms. The highest BCUT2D eigenvalue weighted by Crippen LogP contribution is 2.15. The first-order valence-electron chi connectivity index (χ1n) is 21.6. The monoisotopic (exact) mass is 676 g/mol. The molecule has 0 saturated heterocycles. The van der Waals surface area contributed by atoms with Crippen LogP contribution in [0.25, 0.3) is 0 Å². The van der Waals surface area contributed by atoms with Crippen molar-refractivity contribution in [1.82, 2.24) is 5.32 Å². The number of carbonyl (C=O) groups excluding carboxylic acids is 1. The van der Waals surface area contributed by atoms with Crippen LogP contribution in [0.2, 0.25) is 0 Å². The third-order valence-electron chi connectivity index (χ3n) is 9.93. The van der Waals surface area contributed by atoms with Gasteiger partial charge in [-0.15, -0.1) is 0 Å². The topological polar surface area (TPSA) is 69.6 Å². The summed E-state index contributed by atoms with van der Waals surface area (Å²) in [6.45, 7) is 4.31. The zero-order valence-electron chi connectivity index (χ0n) is 32.5. The van der Waals surface area contributed by atoms with Crippen molar-refractivity contribution in [3.05, 3.63) is 24.3 Å². The predicted molar refractivity (Wildman–Crippen MR) is 212 cm³/mol. The van der Waals surface area contributed by atoms with Crippen LogP contribution in [-0.4, -0.2) is 34.9 Å². The molecule has 0 bridgehead atoms. The van der Waals surface area contributed by atoms with Crippen LogP contribution in [0, 0.1) is 0 Å². The number of allylic oxidation sites excluding steroid dienone is 3. The molecule has 3 N–H and O–H groups in total. The SMILES string of the molecule is CCCCCCCC/C=C\CCCCCCCC(=O)NC(CO)C(O)/C=C/CCCCCCCCCCCCCCCCCCCCC. The van der Waals surface area contributed by atoms with Gasteiger partial charge in [0.2, 0.25) is 5.91 Å². The van der Waals surface area contributed by atoms with Crippen LogP contribution in [0.3, 0.4) is 0 Å². The lowest BCUT2D eigenvalue weighted by Gasteiger charge is -2.20. The van der Waals surface area contributed by atoms with E-state index in [1.807, 2.05) is 6.08 Å². The van der Waals surface area contributed by atoms with E-state index < -0.39 is 12.1 Å². The molecule has 0 radical (unpaired) electrons. The fourth-order valence-corrected chi connectivity index (χ4v) is 6.58. The summed E-state index contributed by atoms with van der Waals surface area (Å²) in [4.78, 5) is 12.3. The lowest BCUT2D eigenvalue weighted by molar-refractivity contribution is -0.123. The second-order valence-corrected chi connectivity index (χ2v) is 14.8. The lowest BCUT2D eigenvalue weighted by atomic mass is 10.0. The molecule has 0 aromatic heterocycles. The Morgan fingerprint density at radius 3 is 1.15 bits per heavy atom. The number of rotatable bonds is 39. The van der Waals surface area contributed by atoms with Gasteiger partial charge < -0.3 is 15.5 Å². The molecule has 1 amide bonds. The summed E-state index contributed by atoms with van der Waals surface area (Å²) in [5.74, 6) is -0.0714. The van der Waals surface area contributed by atoms with E-state index >= 15 is 0 Å². The quantitative estimate of drug-likeness (QED) is 0.0448. The Bertz CT molecular complexity index is 691. The van der Waals surface area contributed by atoms with E-state index in [1.165, 1.54) is 180 Å². The zero-order valence-corrected chi connectivity index (χ0v) is 32.5. The van der Waals surface area contributed by atoms with Gasteiger partial charge in [0.25, 0.3) is 0 Å². The van der Waals surface area contributed by atoms with Crippen LogP contribution < -0.4 is 5.32 Å². The van der Waals surface area contributed by atoms with E-state index in [4.69, 9.17) is 0 Å². The highest BCUT2D eigenvalue weighted by Gasteiger charge is 2.17. The zero-order chi connectivity index (χ0) is 35.0. The van der Waals surface area contributed by atoms with Crippen molar-refractivity contribution in [1.29, 1.82) is 0 Å². The Kier molecular flexibility index (Phi) is 39.4. The second kappa shape index (κ2) is 40.3. The minimum Gasteiger partial charge on any atom is -0.394 e. The predicted octanol–water partition coefficient (Wildman–Crippen LogP) is 13.2. The fraction of sp³-hybridized carbons (Fsp3) is 0.886. The molecule has 0 aromatic carbocycles. The molecule has 0 rings (SSSR count). The van der Waals surface area contributed by atoms with Gasteiger partial charge in [0.15, 0.2) is 0 Å². The first-order chi connectivity index (χ1) is 23.7. The summed E-state index contributed by atoms with van der Waals surface area (Å²) in [5, 5.41) is 23.0.